The Labute approximate surface area is 149 Å². The third-order valence-electron chi connectivity index (χ3n) is 3.78. The molecule has 0 bridgehead atoms. The summed E-state index contributed by atoms with van der Waals surface area (Å²) in [5, 5.41) is 3.77. The summed E-state index contributed by atoms with van der Waals surface area (Å²) in [5.74, 6) is 0.0488. The summed E-state index contributed by atoms with van der Waals surface area (Å²) in [4.78, 5) is 14.5. The van der Waals surface area contributed by atoms with Crippen molar-refractivity contribution in [2.45, 2.75) is 6.42 Å². The number of furan rings is 1. The second-order valence-electron chi connectivity index (χ2n) is 5.97. The number of rotatable bonds is 5. The van der Waals surface area contributed by atoms with Crippen LogP contribution in [-0.2, 0) is 6.42 Å². The van der Waals surface area contributed by atoms with Crippen molar-refractivity contribution in [3.8, 4) is 0 Å². The molecule has 3 aromatic rings. The number of nitrogens with one attached hydrogen (secondary N) is 1. The molecule has 0 aliphatic carbocycles. The Morgan fingerprint density at radius 1 is 1.17 bits per heavy atom. The lowest BCUT2D eigenvalue weighted by Gasteiger charge is -2.09. The van der Waals surface area contributed by atoms with Crippen molar-refractivity contribution in [2.24, 2.45) is 0 Å². The zero-order chi connectivity index (χ0) is 17.1. The molecular weight excluding hydrogens is 368 g/mol. The average Bonchev–Trinajstić information content (AvgIpc) is 3.00. The summed E-state index contributed by atoms with van der Waals surface area (Å²) in [6, 6.07) is 15.4. The molecule has 0 atom stereocenters. The second kappa shape index (κ2) is 7.20. The standard InChI is InChI=1S/C19H19BrN2O2/c1-22(2)11-10-13-6-8-15(9-7-13)21-19(23)17-12-14-4-3-5-16(20)18(14)24-17/h3-9,12H,10-11H2,1-2H3,(H,21,23). The number of nitrogens with zero attached hydrogens (tertiary/aromatic N) is 1. The Morgan fingerprint density at radius 3 is 2.58 bits per heavy atom. The highest BCUT2D eigenvalue weighted by Crippen LogP contribution is 2.27. The first-order valence-electron chi connectivity index (χ1n) is 7.76. The maximum Gasteiger partial charge on any atom is 0.291 e. The fourth-order valence-corrected chi connectivity index (χ4v) is 2.90. The molecule has 1 aromatic heterocycles. The van der Waals surface area contributed by atoms with Crippen LogP contribution in [0.3, 0.4) is 0 Å². The molecule has 0 saturated heterocycles. The van der Waals surface area contributed by atoms with Gasteiger partial charge < -0.3 is 14.6 Å². The first-order valence-corrected chi connectivity index (χ1v) is 8.55. The van der Waals surface area contributed by atoms with Gasteiger partial charge in [0.15, 0.2) is 5.76 Å². The van der Waals surface area contributed by atoms with Gasteiger partial charge in [-0.2, -0.15) is 0 Å². The minimum absolute atomic E-state index is 0.251. The highest BCUT2D eigenvalue weighted by molar-refractivity contribution is 9.10. The summed E-state index contributed by atoms with van der Waals surface area (Å²) in [5.41, 5.74) is 2.68. The van der Waals surface area contributed by atoms with E-state index in [0.717, 1.165) is 28.5 Å². The van der Waals surface area contributed by atoms with Crippen molar-refractivity contribution < 1.29 is 9.21 Å². The number of anilines is 1. The molecule has 0 aliphatic heterocycles. The van der Waals surface area contributed by atoms with Crippen LogP contribution in [0, 0.1) is 0 Å². The Morgan fingerprint density at radius 2 is 1.92 bits per heavy atom. The average molecular weight is 387 g/mol. The largest absolute Gasteiger partial charge is 0.450 e. The number of amides is 1. The number of halogens is 1. The van der Waals surface area contributed by atoms with Crippen LogP contribution in [0.25, 0.3) is 11.0 Å². The van der Waals surface area contributed by atoms with E-state index in [4.69, 9.17) is 4.42 Å². The topological polar surface area (TPSA) is 45.5 Å². The highest BCUT2D eigenvalue weighted by Gasteiger charge is 2.14. The van der Waals surface area contributed by atoms with E-state index < -0.39 is 0 Å². The summed E-state index contributed by atoms with van der Waals surface area (Å²) >= 11 is 3.43. The van der Waals surface area contributed by atoms with Gasteiger partial charge in [-0.3, -0.25) is 4.79 Å². The molecule has 1 heterocycles. The molecule has 24 heavy (non-hydrogen) atoms. The number of fused-ring (bicyclic) bond motifs is 1. The molecule has 0 aliphatic rings. The van der Waals surface area contributed by atoms with Gasteiger partial charge in [0, 0.05) is 17.6 Å². The molecule has 0 fully saturated rings. The Kier molecular flexibility index (Phi) is 5.02. The zero-order valence-corrected chi connectivity index (χ0v) is 15.3. The monoisotopic (exact) mass is 386 g/mol. The normalized spacial score (nSPS) is 11.2. The summed E-state index contributed by atoms with van der Waals surface area (Å²) in [6.45, 7) is 1.000. The summed E-state index contributed by atoms with van der Waals surface area (Å²) < 4.78 is 6.49. The molecule has 1 amide bonds. The molecule has 0 unspecified atom stereocenters. The lowest BCUT2D eigenvalue weighted by atomic mass is 10.1. The fraction of sp³-hybridized carbons (Fsp3) is 0.211. The minimum atomic E-state index is -0.251. The van der Waals surface area contributed by atoms with Crippen molar-refractivity contribution in [3.05, 3.63) is 64.3 Å². The lowest BCUT2D eigenvalue weighted by molar-refractivity contribution is 0.0998. The van der Waals surface area contributed by atoms with E-state index in [0.29, 0.717) is 11.3 Å². The number of para-hydroxylation sites is 1. The van der Waals surface area contributed by atoms with Crippen LogP contribution in [0.15, 0.2) is 57.4 Å². The van der Waals surface area contributed by atoms with Gasteiger partial charge in [0.05, 0.1) is 4.47 Å². The fourth-order valence-electron chi connectivity index (χ4n) is 2.44. The minimum Gasteiger partial charge on any atom is -0.450 e. The molecule has 0 saturated carbocycles. The van der Waals surface area contributed by atoms with Gasteiger partial charge >= 0.3 is 0 Å². The number of hydrogen-bond donors (Lipinski definition) is 1. The second-order valence-corrected chi connectivity index (χ2v) is 6.83. The van der Waals surface area contributed by atoms with E-state index in [1.165, 1.54) is 5.56 Å². The van der Waals surface area contributed by atoms with Crippen molar-refractivity contribution >= 4 is 38.5 Å². The maximum absolute atomic E-state index is 12.4. The number of carbonyl (C=O) groups is 1. The SMILES string of the molecule is CN(C)CCc1ccc(NC(=O)c2cc3cccc(Br)c3o2)cc1. The predicted octanol–water partition coefficient (Wildman–Crippen LogP) is 4.55. The van der Waals surface area contributed by atoms with Crippen LogP contribution >= 0.6 is 15.9 Å². The van der Waals surface area contributed by atoms with Crippen molar-refractivity contribution in [1.29, 1.82) is 0 Å². The maximum atomic E-state index is 12.4. The van der Waals surface area contributed by atoms with Crippen LogP contribution in [0.1, 0.15) is 16.1 Å². The van der Waals surface area contributed by atoms with Crippen molar-refractivity contribution in [3.63, 3.8) is 0 Å². The summed E-state index contributed by atoms with van der Waals surface area (Å²) in [7, 11) is 4.11. The van der Waals surface area contributed by atoms with Gasteiger partial charge in [-0.15, -0.1) is 0 Å². The van der Waals surface area contributed by atoms with Gasteiger partial charge in [-0.05, 0) is 66.3 Å². The van der Waals surface area contributed by atoms with E-state index in [1.54, 1.807) is 6.07 Å². The molecule has 2 aromatic carbocycles. The molecule has 4 nitrogen and oxygen atoms in total. The number of benzene rings is 2. The molecule has 124 valence electrons. The predicted molar refractivity (Wildman–Crippen MR) is 101 cm³/mol. The quantitative estimate of drug-likeness (QED) is 0.699. The first-order chi connectivity index (χ1) is 11.5. The number of hydrogen-bond acceptors (Lipinski definition) is 3. The van der Waals surface area contributed by atoms with Gasteiger partial charge in [0.2, 0.25) is 0 Å². The van der Waals surface area contributed by atoms with Crippen LogP contribution in [0.5, 0.6) is 0 Å². The van der Waals surface area contributed by atoms with Gasteiger partial charge in [-0.1, -0.05) is 24.3 Å². The zero-order valence-electron chi connectivity index (χ0n) is 13.7. The number of carbonyl (C=O) groups excluding carboxylic acids is 1. The molecule has 0 radical (unpaired) electrons. The van der Waals surface area contributed by atoms with Gasteiger partial charge in [0.25, 0.3) is 5.91 Å². The van der Waals surface area contributed by atoms with E-state index in [-0.39, 0.29) is 5.91 Å². The van der Waals surface area contributed by atoms with Gasteiger partial charge in [0.1, 0.15) is 5.58 Å². The van der Waals surface area contributed by atoms with E-state index >= 15 is 0 Å². The van der Waals surface area contributed by atoms with E-state index in [1.807, 2.05) is 42.5 Å². The van der Waals surface area contributed by atoms with E-state index in [2.05, 4.69) is 40.2 Å². The van der Waals surface area contributed by atoms with Crippen LogP contribution in [-0.4, -0.2) is 31.4 Å². The van der Waals surface area contributed by atoms with Crippen molar-refractivity contribution in [1.82, 2.24) is 4.90 Å². The Balaban J connectivity index is 1.70. The number of likely N-dealkylation sites (N-methyl/N-ethyl adjacent to an activating group) is 1. The Hall–Kier alpha value is -2.11. The third-order valence-corrected chi connectivity index (χ3v) is 4.40. The smallest absolute Gasteiger partial charge is 0.291 e. The van der Waals surface area contributed by atoms with Crippen LogP contribution < -0.4 is 5.32 Å². The van der Waals surface area contributed by atoms with Crippen LogP contribution in [0.4, 0.5) is 5.69 Å². The summed E-state index contributed by atoms with van der Waals surface area (Å²) in [6.07, 6.45) is 0.985. The molecule has 3 rings (SSSR count). The lowest BCUT2D eigenvalue weighted by Crippen LogP contribution is -2.15. The first kappa shape index (κ1) is 16.7. The third kappa shape index (κ3) is 3.86. The van der Waals surface area contributed by atoms with Crippen LogP contribution in [0.2, 0.25) is 0 Å². The Bertz CT molecular complexity index is 853. The molecule has 0 spiro atoms. The highest BCUT2D eigenvalue weighted by atomic mass is 79.9. The van der Waals surface area contributed by atoms with Gasteiger partial charge in [-0.25, -0.2) is 0 Å². The molecule has 1 N–H and O–H groups in total. The molecule has 5 heteroatoms. The van der Waals surface area contributed by atoms with Crippen molar-refractivity contribution in [2.75, 3.05) is 26.0 Å². The molecular formula is C19H19BrN2O2. The van der Waals surface area contributed by atoms with E-state index in [9.17, 15) is 4.79 Å².